The van der Waals surface area contributed by atoms with Crippen LogP contribution < -0.4 is 20.1 Å². The third-order valence-corrected chi connectivity index (χ3v) is 5.38. The van der Waals surface area contributed by atoms with E-state index in [9.17, 15) is 4.79 Å². The molecule has 1 heterocycles. The van der Waals surface area contributed by atoms with Crippen LogP contribution in [-0.4, -0.2) is 30.0 Å². The molecule has 0 radical (unpaired) electrons. The van der Waals surface area contributed by atoms with Gasteiger partial charge in [-0.15, -0.1) is 0 Å². The van der Waals surface area contributed by atoms with Crippen LogP contribution in [0.25, 0.3) is 16.9 Å². The number of aromatic nitrogens is 2. The van der Waals surface area contributed by atoms with Crippen molar-refractivity contribution in [3.8, 4) is 28.4 Å². The minimum atomic E-state index is -0.282. The largest absolute Gasteiger partial charge is 0.493 e. The third kappa shape index (κ3) is 4.82. The summed E-state index contributed by atoms with van der Waals surface area (Å²) in [5.74, 6) is 1.32. The number of hydrogen-bond donors (Lipinski definition) is 2. The Labute approximate surface area is 193 Å². The number of benzene rings is 3. The second-order valence-corrected chi connectivity index (χ2v) is 7.61. The highest BCUT2D eigenvalue weighted by Gasteiger charge is 2.10. The lowest BCUT2D eigenvalue weighted by molar-refractivity contribution is 0.262. The number of amides is 2. The van der Waals surface area contributed by atoms with Crippen molar-refractivity contribution in [1.82, 2.24) is 9.78 Å². The molecule has 2 N–H and O–H groups in total. The van der Waals surface area contributed by atoms with Crippen LogP contribution in [0, 0.1) is 13.8 Å². The number of carbonyl (C=O) groups excluding carboxylic acids is 1. The van der Waals surface area contributed by atoms with Gasteiger partial charge in [-0.1, -0.05) is 18.2 Å². The van der Waals surface area contributed by atoms with Crippen LogP contribution in [0.2, 0.25) is 0 Å². The molecule has 2 amide bonds. The maximum absolute atomic E-state index is 12.4. The van der Waals surface area contributed by atoms with Gasteiger partial charge in [-0.3, -0.25) is 0 Å². The highest BCUT2D eigenvalue weighted by atomic mass is 16.5. The van der Waals surface area contributed by atoms with Gasteiger partial charge in [-0.25, -0.2) is 9.48 Å². The smallest absolute Gasteiger partial charge is 0.323 e. The fourth-order valence-electron chi connectivity index (χ4n) is 3.60. The fourth-order valence-corrected chi connectivity index (χ4v) is 3.60. The SMILES string of the molecule is COc1ccc(-c2ccn(-c3ccc(NC(=O)Nc4c(C)cccc4C)cc3)n2)cc1OC. The van der Waals surface area contributed by atoms with Crippen molar-refractivity contribution in [2.24, 2.45) is 0 Å². The number of ether oxygens (including phenoxy) is 2. The monoisotopic (exact) mass is 442 g/mol. The molecule has 7 nitrogen and oxygen atoms in total. The van der Waals surface area contributed by atoms with Gasteiger partial charge in [0.15, 0.2) is 11.5 Å². The molecular formula is C26H26N4O3. The molecule has 0 aliphatic rings. The number of carbonyl (C=O) groups is 1. The number of methoxy groups -OCH3 is 2. The number of anilines is 2. The average Bonchev–Trinajstić information content (AvgIpc) is 3.32. The number of hydrogen-bond acceptors (Lipinski definition) is 4. The Morgan fingerprint density at radius 3 is 2.21 bits per heavy atom. The normalized spacial score (nSPS) is 10.5. The van der Waals surface area contributed by atoms with E-state index in [0.29, 0.717) is 17.2 Å². The van der Waals surface area contributed by atoms with Gasteiger partial charge in [-0.05, 0) is 73.5 Å². The molecule has 0 spiro atoms. The van der Waals surface area contributed by atoms with Crippen molar-refractivity contribution in [3.05, 3.63) is 84.1 Å². The standard InChI is InChI=1S/C26H26N4O3/c1-17-6-5-7-18(2)25(17)28-26(31)27-20-9-11-21(12-10-20)30-15-14-22(29-30)19-8-13-23(32-3)24(16-19)33-4/h5-16H,1-4H3,(H2,27,28,31). The first-order chi connectivity index (χ1) is 16.0. The molecule has 1 aromatic heterocycles. The first-order valence-corrected chi connectivity index (χ1v) is 10.5. The predicted octanol–water partition coefficient (Wildman–Crippen LogP) is 5.82. The van der Waals surface area contributed by atoms with Crippen molar-refractivity contribution < 1.29 is 14.3 Å². The zero-order valence-electron chi connectivity index (χ0n) is 19.0. The van der Waals surface area contributed by atoms with E-state index in [2.05, 4.69) is 15.7 Å². The lowest BCUT2D eigenvalue weighted by atomic mass is 10.1. The van der Waals surface area contributed by atoms with Crippen LogP contribution in [0.4, 0.5) is 16.2 Å². The Morgan fingerprint density at radius 2 is 1.55 bits per heavy atom. The van der Waals surface area contributed by atoms with Gasteiger partial charge in [0.25, 0.3) is 0 Å². The molecule has 0 aliphatic carbocycles. The summed E-state index contributed by atoms with van der Waals surface area (Å²) in [4.78, 5) is 12.4. The van der Waals surface area contributed by atoms with Crippen molar-refractivity contribution in [3.63, 3.8) is 0 Å². The maximum Gasteiger partial charge on any atom is 0.323 e. The van der Waals surface area contributed by atoms with E-state index in [4.69, 9.17) is 9.47 Å². The molecule has 0 saturated heterocycles. The number of nitrogens with zero attached hydrogens (tertiary/aromatic N) is 2. The van der Waals surface area contributed by atoms with Crippen LogP contribution >= 0.6 is 0 Å². The zero-order valence-corrected chi connectivity index (χ0v) is 19.0. The zero-order chi connectivity index (χ0) is 23.4. The summed E-state index contributed by atoms with van der Waals surface area (Å²) in [5, 5.41) is 10.5. The fraction of sp³-hybridized carbons (Fsp3) is 0.154. The van der Waals surface area contributed by atoms with E-state index in [1.54, 1.807) is 18.9 Å². The Hall–Kier alpha value is -4.26. The Bertz CT molecular complexity index is 1260. The first-order valence-electron chi connectivity index (χ1n) is 10.5. The van der Waals surface area contributed by atoms with E-state index in [1.165, 1.54) is 0 Å². The second-order valence-electron chi connectivity index (χ2n) is 7.61. The average molecular weight is 443 g/mol. The van der Waals surface area contributed by atoms with Crippen molar-refractivity contribution in [1.29, 1.82) is 0 Å². The summed E-state index contributed by atoms with van der Waals surface area (Å²) in [5.41, 5.74) is 6.16. The summed E-state index contributed by atoms with van der Waals surface area (Å²) in [6, 6.07) is 20.8. The molecule has 0 bridgehead atoms. The minimum absolute atomic E-state index is 0.282. The van der Waals surface area contributed by atoms with Gasteiger partial charge in [0, 0.05) is 23.1 Å². The van der Waals surface area contributed by atoms with E-state index in [0.717, 1.165) is 33.8 Å². The molecule has 7 heteroatoms. The lowest BCUT2D eigenvalue weighted by Gasteiger charge is -2.12. The van der Waals surface area contributed by atoms with Crippen LogP contribution in [0.3, 0.4) is 0 Å². The number of para-hydroxylation sites is 1. The van der Waals surface area contributed by atoms with Crippen molar-refractivity contribution >= 4 is 17.4 Å². The molecule has 0 unspecified atom stereocenters. The van der Waals surface area contributed by atoms with Gasteiger partial charge in [0.05, 0.1) is 25.6 Å². The van der Waals surface area contributed by atoms with Crippen molar-refractivity contribution in [2.75, 3.05) is 24.9 Å². The van der Waals surface area contributed by atoms with Crippen LogP contribution in [-0.2, 0) is 0 Å². The number of rotatable bonds is 6. The topological polar surface area (TPSA) is 77.4 Å². The molecular weight excluding hydrogens is 416 g/mol. The summed E-state index contributed by atoms with van der Waals surface area (Å²) in [7, 11) is 3.22. The van der Waals surface area contributed by atoms with Gasteiger partial charge in [0.1, 0.15) is 0 Å². The quantitative estimate of drug-likeness (QED) is 0.395. The van der Waals surface area contributed by atoms with E-state index < -0.39 is 0 Å². The summed E-state index contributed by atoms with van der Waals surface area (Å²) < 4.78 is 12.5. The number of urea groups is 1. The highest BCUT2D eigenvalue weighted by Crippen LogP contribution is 2.31. The highest BCUT2D eigenvalue weighted by molar-refractivity contribution is 6.00. The number of aryl methyl sites for hydroxylation is 2. The molecule has 4 rings (SSSR count). The summed E-state index contributed by atoms with van der Waals surface area (Å²) in [6.45, 7) is 3.94. The number of nitrogens with one attached hydrogen (secondary N) is 2. The molecule has 0 saturated carbocycles. The van der Waals surface area contributed by atoms with E-state index in [-0.39, 0.29) is 6.03 Å². The van der Waals surface area contributed by atoms with Gasteiger partial charge < -0.3 is 20.1 Å². The minimum Gasteiger partial charge on any atom is -0.493 e. The van der Waals surface area contributed by atoms with Crippen LogP contribution in [0.5, 0.6) is 11.5 Å². The summed E-state index contributed by atoms with van der Waals surface area (Å²) in [6.07, 6.45) is 1.89. The third-order valence-electron chi connectivity index (χ3n) is 5.38. The Balaban J connectivity index is 1.46. The Kier molecular flexibility index (Phi) is 6.31. The second kappa shape index (κ2) is 9.48. The summed E-state index contributed by atoms with van der Waals surface area (Å²) >= 11 is 0. The molecule has 33 heavy (non-hydrogen) atoms. The molecule has 4 aromatic rings. The molecule has 3 aromatic carbocycles. The first kappa shape index (κ1) is 22.0. The molecule has 168 valence electrons. The van der Waals surface area contributed by atoms with Crippen LogP contribution in [0.1, 0.15) is 11.1 Å². The molecule has 0 aliphatic heterocycles. The lowest BCUT2D eigenvalue weighted by Crippen LogP contribution is -2.20. The van der Waals surface area contributed by atoms with Gasteiger partial charge in [0.2, 0.25) is 0 Å². The van der Waals surface area contributed by atoms with Gasteiger partial charge >= 0.3 is 6.03 Å². The van der Waals surface area contributed by atoms with E-state index in [1.807, 2.05) is 86.8 Å². The van der Waals surface area contributed by atoms with Crippen molar-refractivity contribution in [2.45, 2.75) is 13.8 Å². The Morgan fingerprint density at radius 1 is 0.848 bits per heavy atom. The van der Waals surface area contributed by atoms with E-state index >= 15 is 0 Å². The molecule has 0 fully saturated rings. The van der Waals surface area contributed by atoms with Gasteiger partial charge in [-0.2, -0.15) is 5.10 Å². The predicted molar refractivity (Wildman–Crippen MR) is 131 cm³/mol. The maximum atomic E-state index is 12.4. The molecule has 0 atom stereocenters. The van der Waals surface area contributed by atoms with Crippen LogP contribution in [0.15, 0.2) is 72.9 Å².